The Balaban J connectivity index is 1.57. The number of rotatable bonds is 8. The number of fused-ring (bicyclic) bond motifs is 1. The number of benzene rings is 3. The van der Waals surface area contributed by atoms with Crippen molar-refractivity contribution in [2.24, 2.45) is 11.8 Å². The number of non-ortho nitro benzene ring substituents is 1. The molecule has 2 fully saturated rings. The van der Waals surface area contributed by atoms with Gasteiger partial charge in [0.05, 0.1) is 22.4 Å². The lowest BCUT2D eigenvalue weighted by Crippen LogP contribution is -2.58. The van der Waals surface area contributed by atoms with E-state index in [4.69, 9.17) is 0 Å². The maximum atomic E-state index is 13.9. The summed E-state index contributed by atoms with van der Waals surface area (Å²) in [6.07, 6.45) is 4.19. The Labute approximate surface area is 224 Å². The highest BCUT2D eigenvalue weighted by Gasteiger charge is 2.68. The average molecular weight is 526 g/mol. The van der Waals surface area contributed by atoms with Gasteiger partial charge in [-0.05, 0) is 35.2 Å². The minimum atomic E-state index is -1.81. The number of nitro benzene ring substituents is 1. The molecule has 2 heterocycles. The van der Waals surface area contributed by atoms with E-state index < -0.39 is 46.1 Å². The van der Waals surface area contributed by atoms with Gasteiger partial charge in [-0.2, -0.15) is 0 Å². The van der Waals surface area contributed by atoms with Crippen molar-refractivity contribution < 1.29 is 24.4 Å². The van der Waals surface area contributed by atoms with Gasteiger partial charge in [-0.3, -0.25) is 29.8 Å². The molecule has 2 aliphatic heterocycles. The van der Waals surface area contributed by atoms with E-state index in [-0.39, 0.29) is 12.1 Å². The maximum Gasteiger partial charge on any atom is 0.325 e. The zero-order chi connectivity index (χ0) is 27.7. The van der Waals surface area contributed by atoms with Gasteiger partial charge < -0.3 is 5.11 Å². The molecule has 0 saturated carbocycles. The molecule has 9 nitrogen and oxygen atoms in total. The van der Waals surface area contributed by atoms with Crippen molar-refractivity contribution in [1.29, 1.82) is 0 Å². The number of anilines is 1. The molecule has 2 amide bonds. The molecule has 39 heavy (non-hydrogen) atoms. The van der Waals surface area contributed by atoms with Crippen LogP contribution in [0.1, 0.15) is 23.6 Å². The Morgan fingerprint density at radius 3 is 2.23 bits per heavy atom. The third-order valence-electron chi connectivity index (χ3n) is 7.60. The fourth-order valence-corrected chi connectivity index (χ4v) is 5.62. The van der Waals surface area contributed by atoms with Crippen molar-refractivity contribution in [3.05, 3.63) is 112 Å². The molecule has 3 aromatic rings. The number of nitro groups is 1. The number of hydrogen-bond donors (Lipinski definition) is 2. The molecule has 4 atom stereocenters. The molecule has 0 radical (unpaired) electrons. The lowest BCUT2D eigenvalue weighted by atomic mass is 9.76. The summed E-state index contributed by atoms with van der Waals surface area (Å²) < 4.78 is 0. The van der Waals surface area contributed by atoms with E-state index in [2.05, 4.69) is 5.32 Å². The minimum Gasteiger partial charge on any atom is -0.480 e. The summed E-state index contributed by atoms with van der Waals surface area (Å²) in [4.78, 5) is 52.4. The third kappa shape index (κ3) is 4.61. The Bertz CT molecular complexity index is 1450. The molecule has 4 unspecified atom stereocenters. The molecule has 2 N–H and O–H groups in total. The summed E-state index contributed by atoms with van der Waals surface area (Å²) in [6.45, 7) is 2.00. The predicted molar refractivity (Wildman–Crippen MR) is 145 cm³/mol. The zero-order valence-corrected chi connectivity index (χ0v) is 21.2. The quantitative estimate of drug-likeness (QED) is 0.258. The number of imide groups is 1. The topological polar surface area (TPSA) is 130 Å². The van der Waals surface area contributed by atoms with Crippen LogP contribution in [0, 0.1) is 22.0 Å². The lowest BCUT2D eigenvalue weighted by Gasteiger charge is -2.31. The minimum absolute atomic E-state index is 0.127. The van der Waals surface area contributed by atoms with Gasteiger partial charge in [0.15, 0.2) is 0 Å². The van der Waals surface area contributed by atoms with Gasteiger partial charge in [0.25, 0.3) is 5.69 Å². The summed E-state index contributed by atoms with van der Waals surface area (Å²) in [5.41, 5.74) is 0.865. The van der Waals surface area contributed by atoms with Gasteiger partial charge in [0.2, 0.25) is 11.8 Å². The number of carbonyl (C=O) groups is 3. The molecule has 0 aromatic heterocycles. The van der Waals surface area contributed by atoms with Crippen LogP contribution in [0.25, 0.3) is 6.08 Å². The number of aryl methyl sites for hydroxylation is 1. The molecule has 0 aliphatic carbocycles. The van der Waals surface area contributed by atoms with E-state index in [1.165, 1.54) is 24.3 Å². The summed E-state index contributed by atoms with van der Waals surface area (Å²) in [6, 6.07) is 21.3. The van der Waals surface area contributed by atoms with E-state index in [0.717, 1.165) is 22.4 Å². The van der Waals surface area contributed by atoms with Crippen LogP contribution in [-0.2, 0) is 27.2 Å². The van der Waals surface area contributed by atoms with Crippen LogP contribution >= 0.6 is 0 Å². The fourth-order valence-electron chi connectivity index (χ4n) is 5.62. The van der Waals surface area contributed by atoms with Crippen LogP contribution in [-0.4, -0.2) is 39.4 Å². The second kappa shape index (κ2) is 10.3. The first-order valence-corrected chi connectivity index (χ1v) is 12.7. The van der Waals surface area contributed by atoms with Crippen LogP contribution < -0.4 is 10.2 Å². The Morgan fingerprint density at radius 1 is 1.00 bits per heavy atom. The van der Waals surface area contributed by atoms with Gasteiger partial charge in [0, 0.05) is 24.6 Å². The molecule has 2 saturated heterocycles. The molecular formula is C30H27N3O6. The predicted octanol–water partition coefficient (Wildman–Crippen LogP) is 4.01. The molecule has 3 aromatic carbocycles. The van der Waals surface area contributed by atoms with Crippen molar-refractivity contribution in [2.75, 3.05) is 4.90 Å². The van der Waals surface area contributed by atoms with E-state index >= 15 is 0 Å². The van der Waals surface area contributed by atoms with Crippen molar-refractivity contribution in [3.63, 3.8) is 0 Å². The SMILES string of the molecule is CCc1ccc(N2C(=O)C3C(/C=C/c4ccccc4)NC(Cc4ccc([N+](=O)[O-])cc4)(C(=O)O)C3C2=O)cc1. The Morgan fingerprint density at radius 2 is 1.64 bits per heavy atom. The molecule has 5 rings (SSSR count). The van der Waals surface area contributed by atoms with Gasteiger partial charge in [-0.25, -0.2) is 4.90 Å². The first-order chi connectivity index (χ1) is 18.7. The normalized spacial score (nSPS) is 24.3. The van der Waals surface area contributed by atoms with Crippen molar-refractivity contribution in [3.8, 4) is 0 Å². The molecular weight excluding hydrogens is 498 g/mol. The molecule has 0 bridgehead atoms. The van der Waals surface area contributed by atoms with E-state index in [1.54, 1.807) is 24.3 Å². The van der Waals surface area contributed by atoms with E-state index in [9.17, 15) is 29.6 Å². The molecule has 2 aliphatic rings. The van der Waals surface area contributed by atoms with Crippen LogP contribution in [0.3, 0.4) is 0 Å². The van der Waals surface area contributed by atoms with Crippen LogP contribution in [0.15, 0.2) is 84.9 Å². The summed E-state index contributed by atoms with van der Waals surface area (Å²) in [5.74, 6) is -4.44. The number of nitrogens with one attached hydrogen (secondary N) is 1. The standard InChI is InChI=1S/C30H27N3O6/c1-2-19-8-13-22(14-9-19)32-27(34)25-24(17-12-20-6-4-3-5-7-20)31-30(29(36)37,26(25)28(32)35)18-21-10-15-23(16-11-21)33(38)39/h3-17,24-26,31H,2,18H2,1H3,(H,36,37)/b17-12+. The number of amides is 2. The largest absolute Gasteiger partial charge is 0.480 e. The van der Waals surface area contributed by atoms with Crippen LogP contribution in [0.5, 0.6) is 0 Å². The zero-order valence-electron chi connectivity index (χ0n) is 21.2. The summed E-state index contributed by atoms with van der Waals surface area (Å²) >= 11 is 0. The first-order valence-electron chi connectivity index (χ1n) is 12.7. The first kappa shape index (κ1) is 26.0. The summed E-state index contributed by atoms with van der Waals surface area (Å²) in [7, 11) is 0. The third-order valence-corrected chi connectivity index (χ3v) is 7.60. The van der Waals surface area contributed by atoms with Gasteiger partial charge in [0.1, 0.15) is 5.54 Å². The van der Waals surface area contributed by atoms with E-state index in [0.29, 0.717) is 11.3 Å². The fraction of sp³-hybridized carbons (Fsp3) is 0.233. The monoisotopic (exact) mass is 525 g/mol. The summed E-state index contributed by atoms with van der Waals surface area (Å²) in [5, 5.41) is 24.8. The number of nitrogens with zero attached hydrogens (tertiary/aromatic N) is 2. The lowest BCUT2D eigenvalue weighted by molar-refractivity contribution is -0.384. The molecule has 198 valence electrons. The maximum absolute atomic E-state index is 13.9. The second-order valence-corrected chi connectivity index (χ2v) is 9.85. The number of carboxylic acid groups (broad SMARTS) is 1. The smallest absolute Gasteiger partial charge is 0.325 e. The highest BCUT2D eigenvalue weighted by atomic mass is 16.6. The Kier molecular flexibility index (Phi) is 6.84. The molecule has 9 heteroatoms. The van der Waals surface area contributed by atoms with Gasteiger partial charge in [-0.15, -0.1) is 0 Å². The van der Waals surface area contributed by atoms with Crippen molar-refractivity contribution in [2.45, 2.75) is 31.3 Å². The van der Waals surface area contributed by atoms with Gasteiger partial charge >= 0.3 is 5.97 Å². The highest BCUT2D eigenvalue weighted by Crippen LogP contribution is 2.46. The second-order valence-electron chi connectivity index (χ2n) is 9.85. The van der Waals surface area contributed by atoms with Crippen molar-refractivity contribution in [1.82, 2.24) is 5.32 Å². The number of carbonyl (C=O) groups excluding carboxylic acids is 2. The number of aliphatic carboxylic acids is 1. The average Bonchev–Trinajstić information content (AvgIpc) is 3.41. The van der Waals surface area contributed by atoms with Crippen molar-refractivity contribution >= 4 is 35.2 Å². The van der Waals surface area contributed by atoms with Gasteiger partial charge in [-0.1, -0.05) is 73.7 Å². The van der Waals surface area contributed by atoms with Crippen LogP contribution in [0.2, 0.25) is 0 Å². The molecule has 0 spiro atoms. The number of hydrogen-bond acceptors (Lipinski definition) is 6. The highest BCUT2D eigenvalue weighted by molar-refractivity contribution is 6.24. The Hall–Kier alpha value is -4.63. The van der Waals surface area contributed by atoms with E-state index in [1.807, 2.05) is 49.4 Å². The number of carboxylic acids is 1. The van der Waals surface area contributed by atoms with Crippen LogP contribution in [0.4, 0.5) is 11.4 Å².